The highest BCUT2D eigenvalue weighted by molar-refractivity contribution is 5.92. The van der Waals surface area contributed by atoms with Crippen LogP contribution in [0.25, 0.3) is 0 Å². The van der Waals surface area contributed by atoms with Crippen molar-refractivity contribution in [1.82, 2.24) is 14.9 Å². The number of amides is 2. The molecule has 2 rings (SSSR count). The molecule has 2 heterocycles. The Bertz CT molecular complexity index is 476. The van der Waals surface area contributed by atoms with Crippen LogP contribution in [0.2, 0.25) is 0 Å². The topological polar surface area (TPSA) is 61.4 Å². The maximum atomic E-state index is 12.3. The van der Waals surface area contributed by atoms with Crippen molar-refractivity contribution in [2.75, 3.05) is 37.4 Å². The quantitative estimate of drug-likeness (QED) is 0.898. The minimum Gasteiger partial charge on any atom is -0.361 e. The van der Waals surface area contributed by atoms with Crippen LogP contribution in [0.15, 0.2) is 12.5 Å². The fraction of sp³-hybridized carbons (Fsp3) is 0.643. The number of hydrogen-bond donors (Lipinski definition) is 1. The third-order valence-corrected chi connectivity index (χ3v) is 3.98. The number of nitrogens with zero attached hydrogens (tertiary/aromatic N) is 4. The Kier molecular flexibility index (Phi) is 4.42. The Labute approximate surface area is 120 Å². The van der Waals surface area contributed by atoms with Gasteiger partial charge < -0.3 is 15.1 Å². The maximum Gasteiger partial charge on any atom is 0.321 e. The molecule has 1 saturated heterocycles. The lowest BCUT2D eigenvalue weighted by Gasteiger charge is -2.35. The van der Waals surface area contributed by atoms with Crippen LogP contribution >= 0.6 is 0 Å². The van der Waals surface area contributed by atoms with E-state index in [0.717, 1.165) is 19.5 Å². The van der Waals surface area contributed by atoms with Crippen molar-refractivity contribution >= 4 is 17.5 Å². The number of urea groups is 1. The first-order valence-electron chi connectivity index (χ1n) is 7.02. The zero-order valence-electron chi connectivity index (χ0n) is 12.6. The van der Waals surface area contributed by atoms with Crippen LogP contribution in [0.3, 0.4) is 0 Å². The fourth-order valence-electron chi connectivity index (χ4n) is 2.41. The van der Waals surface area contributed by atoms with E-state index in [4.69, 9.17) is 0 Å². The Hall–Kier alpha value is -1.85. The maximum absolute atomic E-state index is 12.3. The van der Waals surface area contributed by atoms with Crippen LogP contribution < -0.4 is 10.2 Å². The van der Waals surface area contributed by atoms with E-state index in [1.54, 1.807) is 6.20 Å². The smallest absolute Gasteiger partial charge is 0.321 e. The minimum absolute atomic E-state index is 0.0679. The number of carbonyl (C=O) groups excluding carboxylic acids is 1. The summed E-state index contributed by atoms with van der Waals surface area (Å²) in [5.41, 5.74) is 0.647. The van der Waals surface area contributed by atoms with E-state index in [-0.39, 0.29) is 6.03 Å². The first kappa shape index (κ1) is 14.6. The standard InChI is InChI=1S/C14H23N5O/c1-10-5-6-19(8-11(10)2)14(20)17-12-7-15-9-16-13(12)18(3)4/h7,9-11H,5-6,8H2,1-4H3,(H,17,20)/t10-,11+/m1/s1. The number of carbonyl (C=O) groups is 1. The van der Waals surface area contributed by atoms with E-state index < -0.39 is 0 Å². The van der Waals surface area contributed by atoms with Gasteiger partial charge in [0.15, 0.2) is 5.82 Å². The molecule has 1 aromatic heterocycles. The lowest BCUT2D eigenvalue weighted by molar-refractivity contribution is 0.154. The highest BCUT2D eigenvalue weighted by Gasteiger charge is 2.26. The van der Waals surface area contributed by atoms with Crippen molar-refractivity contribution in [1.29, 1.82) is 0 Å². The molecular weight excluding hydrogens is 254 g/mol. The predicted molar refractivity (Wildman–Crippen MR) is 79.9 cm³/mol. The third kappa shape index (κ3) is 3.18. The molecule has 1 fully saturated rings. The van der Waals surface area contributed by atoms with Crippen molar-refractivity contribution in [3.63, 3.8) is 0 Å². The van der Waals surface area contributed by atoms with Gasteiger partial charge in [-0.1, -0.05) is 13.8 Å². The van der Waals surface area contributed by atoms with Gasteiger partial charge in [-0.2, -0.15) is 0 Å². The first-order chi connectivity index (χ1) is 9.49. The zero-order valence-corrected chi connectivity index (χ0v) is 12.6. The summed E-state index contributed by atoms with van der Waals surface area (Å²) in [5, 5.41) is 2.92. The highest BCUT2D eigenvalue weighted by Crippen LogP contribution is 2.24. The number of piperidine rings is 1. The van der Waals surface area contributed by atoms with Crippen LogP contribution in [-0.4, -0.2) is 48.1 Å². The summed E-state index contributed by atoms with van der Waals surface area (Å²) >= 11 is 0. The van der Waals surface area contributed by atoms with Gasteiger partial charge in [-0.3, -0.25) is 0 Å². The molecule has 1 aliphatic heterocycles. The SMILES string of the molecule is C[C@@H]1CCN(C(=O)Nc2cncnc2N(C)C)C[C@@H]1C. The molecule has 6 nitrogen and oxygen atoms in total. The Morgan fingerprint density at radius 2 is 2.15 bits per heavy atom. The summed E-state index contributed by atoms with van der Waals surface area (Å²) < 4.78 is 0. The van der Waals surface area contributed by atoms with Crippen LogP contribution in [0.5, 0.6) is 0 Å². The average Bonchev–Trinajstić information content (AvgIpc) is 2.42. The second-order valence-corrected chi connectivity index (χ2v) is 5.77. The number of anilines is 2. The summed E-state index contributed by atoms with van der Waals surface area (Å²) in [4.78, 5) is 24.2. The molecule has 0 spiro atoms. The van der Waals surface area contributed by atoms with Crippen molar-refractivity contribution in [2.45, 2.75) is 20.3 Å². The molecule has 6 heteroatoms. The van der Waals surface area contributed by atoms with Gasteiger partial charge in [0.2, 0.25) is 0 Å². The Morgan fingerprint density at radius 3 is 2.80 bits per heavy atom. The number of rotatable bonds is 2. The molecule has 20 heavy (non-hydrogen) atoms. The molecule has 0 aliphatic carbocycles. The second-order valence-electron chi connectivity index (χ2n) is 5.77. The van der Waals surface area contributed by atoms with Crippen molar-refractivity contribution in [3.05, 3.63) is 12.5 Å². The lowest BCUT2D eigenvalue weighted by Crippen LogP contribution is -2.44. The molecule has 0 unspecified atom stereocenters. The molecule has 0 saturated carbocycles. The molecule has 2 atom stereocenters. The molecule has 0 aromatic carbocycles. The van der Waals surface area contributed by atoms with E-state index >= 15 is 0 Å². The first-order valence-corrected chi connectivity index (χ1v) is 7.02. The molecular formula is C14H23N5O. The normalized spacial score (nSPS) is 22.5. The lowest BCUT2D eigenvalue weighted by atomic mass is 9.89. The van der Waals surface area contributed by atoms with Crippen molar-refractivity contribution in [2.24, 2.45) is 11.8 Å². The number of hydrogen-bond acceptors (Lipinski definition) is 4. The van der Waals surface area contributed by atoms with Crippen LogP contribution in [0.4, 0.5) is 16.3 Å². The highest BCUT2D eigenvalue weighted by atomic mass is 16.2. The van der Waals surface area contributed by atoms with Crippen molar-refractivity contribution in [3.8, 4) is 0 Å². The van der Waals surface area contributed by atoms with E-state index in [1.807, 2.05) is 23.9 Å². The molecule has 1 aliphatic rings. The monoisotopic (exact) mass is 277 g/mol. The van der Waals surface area contributed by atoms with Gasteiger partial charge in [0.05, 0.1) is 6.20 Å². The zero-order chi connectivity index (χ0) is 14.7. The van der Waals surface area contributed by atoms with Gasteiger partial charge in [0.25, 0.3) is 0 Å². The molecule has 110 valence electrons. The largest absolute Gasteiger partial charge is 0.361 e. The molecule has 0 bridgehead atoms. The van der Waals surface area contributed by atoms with Crippen LogP contribution in [-0.2, 0) is 0 Å². The van der Waals surface area contributed by atoms with E-state index in [0.29, 0.717) is 23.3 Å². The third-order valence-electron chi connectivity index (χ3n) is 3.98. The van der Waals surface area contributed by atoms with Gasteiger partial charge >= 0.3 is 6.03 Å². The van der Waals surface area contributed by atoms with Crippen LogP contribution in [0.1, 0.15) is 20.3 Å². The number of likely N-dealkylation sites (tertiary alicyclic amines) is 1. The summed E-state index contributed by atoms with van der Waals surface area (Å²) in [6.07, 6.45) is 4.17. The Balaban J connectivity index is 2.05. The van der Waals surface area contributed by atoms with Gasteiger partial charge in [0.1, 0.15) is 12.0 Å². The Morgan fingerprint density at radius 1 is 1.40 bits per heavy atom. The van der Waals surface area contributed by atoms with Gasteiger partial charge in [-0.25, -0.2) is 14.8 Å². The molecule has 2 amide bonds. The summed E-state index contributed by atoms with van der Waals surface area (Å²) in [6.45, 7) is 6.05. The van der Waals surface area contributed by atoms with Gasteiger partial charge in [0, 0.05) is 27.2 Å². The fourth-order valence-corrected chi connectivity index (χ4v) is 2.41. The molecule has 0 radical (unpaired) electrons. The average molecular weight is 277 g/mol. The summed E-state index contributed by atoms with van der Waals surface area (Å²) in [5.74, 6) is 1.93. The van der Waals surface area contributed by atoms with Gasteiger partial charge in [-0.05, 0) is 18.3 Å². The number of nitrogens with one attached hydrogen (secondary N) is 1. The summed E-state index contributed by atoms with van der Waals surface area (Å²) in [7, 11) is 3.78. The van der Waals surface area contributed by atoms with E-state index in [9.17, 15) is 4.79 Å². The second kappa shape index (κ2) is 6.07. The number of aromatic nitrogens is 2. The predicted octanol–water partition coefficient (Wildman–Crippen LogP) is 2.05. The van der Waals surface area contributed by atoms with Crippen molar-refractivity contribution < 1.29 is 4.79 Å². The molecule has 1 N–H and O–H groups in total. The van der Waals surface area contributed by atoms with E-state index in [1.165, 1.54) is 6.33 Å². The minimum atomic E-state index is -0.0679. The summed E-state index contributed by atoms with van der Waals surface area (Å²) in [6, 6.07) is -0.0679. The molecule has 1 aromatic rings. The van der Waals surface area contributed by atoms with E-state index in [2.05, 4.69) is 29.1 Å². The van der Waals surface area contributed by atoms with Gasteiger partial charge in [-0.15, -0.1) is 0 Å². The van der Waals surface area contributed by atoms with Crippen LogP contribution in [0, 0.1) is 11.8 Å².